The van der Waals surface area contributed by atoms with Gasteiger partial charge in [-0.05, 0) is 39.8 Å². The lowest BCUT2D eigenvalue weighted by Gasteiger charge is -2.28. The lowest BCUT2D eigenvalue weighted by atomic mass is 10.1. The van der Waals surface area contributed by atoms with E-state index in [1.54, 1.807) is 12.3 Å². The first kappa shape index (κ1) is 13.1. The van der Waals surface area contributed by atoms with Crippen LogP contribution in [0.15, 0.2) is 17.1 Å². The fraction of sp³-hybridized carbons (Fsp3) is 0.643. The summed E-state index contributed by atoms with van der Waals surface area (Å²) in [5.74, 6) is -0.161. The number of aromatic nitrogens is 1. The van der Waals surface area contributed by atoms with E-state index in [1.165, 1.54) is 19.3 Å². The van der Waals surface area contributed by atoms with Crippen LogP contribution in [-0.2, 0) is 6.54 Å². The zero-order chi connectivity index (χ0) is 13.1. The largest absolute Gasteiger partial charge is 0.503 e. The van der Waals surface area contributed by atoms with Gasteiger partial charge in [-0.1, -0.05) is 6.42 Å². The summed E-state index contributed by atoms with van der Waals surface area (Å²) in [5.41, 5.74) is 0.716. The smallest absolute Gasteiger partial charge is 0.223 e. The van der Waals surface area contributed by atoms with E-state index in [0.29, 0.717) is 0 Å². The molecule has 0 unspecified atom stereocenters. The number of hydrogen-bond acceptors (Lipinski definition) is 3. The minimum atomic E-state index is -0.279. The molecule has 2 rings (SSSR count). The maximum absolute atomic E-state index is 11.6. The third-order valence-electron chi connectivity index (χ3n) is 3.53. The SMILES string of the molecule is CC(C)n1cc(O)c(=O)cc1CN1CCCCC1. The molecular weight excluding hydrogens is 228 g/mol. The molecule has 18 heavy (non-hydrogen) atoms. The van der Waals surface area contributed by atoms with E-state index in [-0.39, 0.29) is 17.2 Å². The van der Waals surface area contributed by atoms with Gasteiger partial charge >= 0.3 is 0 Å². The summed E-state index contributed by atoms with van der Waals surface area (Å²) >= 11 is 0. The highest BCUT2D eigenvalue weighted by molar-refractivity contribution is 5.21. The van der Waals surface area contributed by atoms with E-state index < -0.39 is 0 Å². The Morgan fingerprint density at radius 3 is 2.56 bits per heavy atom. The zero-order valence-electron chi connectivity index (χ0n) is 11.2. The summed E-state index contributed by atoms with van der Waals surface area (Å²) in [6.45, 7) is 7.13. The Morgan fingerprint density at radius 1 is 1.28 bits per heavy atom. The predicted molar refractivity (Wildman–Crippen MR) is 71.9 cm³/mol. The molecule has 0 amide bonds. The number of piperidine rings is 1. The van der Waals surface area contributed by atoms with Gasteiger partial charge in [0.25, 0.3) is 0 Å². The molecule has 2 heterocycles. The molecule has 1 saturated heterocycles. The number of rotatable bonds is 3. The fourth-order valence-electron chi connectivity index (χ4n) is 2.53. The lowest BCUT2D eigenvalue weighted by Crippen LogP contribution is -2.31. The second kappa shape index (κ2) is 5.57. The van der Waals surface area contributed by atoms with Crippen molar-refractivity contribution in [2.24, 2.45) is 0 Å². The standard InChI is InChI=1S/C14H22N2O2/c1-11(2)16-10-14(18)13(17)8-12(16)9-15-6-4-3-5-7-15/h8,10-11,18H,3-7,9H2,1-2H3. The van der Waals surface area contributed by atoms with Gasteiger partial charge in [0, 0.05) is 24.3 Å². The summed E-state index contributed by atoms with van der Waals surface area (Å²) in [6, 6.07) is 1.82. The Morgan fingerprint density at radius 2 is 1.94 bits per heavy atom. The van der Waals surface area contributed by atoms with Crippen molar-refractivity contribution < 1.29 is 5.11 Å². The lowest BCUT2D eigenvalue weighted by molar-refractivity contribution is 0.214. The Hall–Kier alpha value is -1.29. The van der Waals surface area contributed by atoms with Crippen LogP contribution in [0.1, 0.15) is 44.8 Å². The van der Waals surface area contributed by atoms with Gasteiger partial charge in [0.2, 0.25) is 5.43 Å². The second-order valence-corrected chi connectivity index (χ2v) is 5.35. The van der Waals surface area contributed by atoms with Crippen molar-refractivity contribution >= 4 is 0 Å². The van der Waals surface area contributed by atoms with Gasteiger partial charge < -0.3 is 9.67 Å². The first-order valence-corrected chi connectivity index (χ1v) is 6.74. The molecule has 1 aromatic heterocycles. The normalized spacial score (nSPS) is 17.3. The number of likely N-dealkylation sites (tertiary alicyclic amines) is 1. The number of pyridine rings is 1. The highest BCUT2D eigenvalue weighted by Crippen LogP contribution is 2.17. The highest BCUT2D eigenvalue weighted by Gasteiger charge is 2.14. The molecule has 1 N–H and O–H groups in total. The van der Waals surface area contributed by atoms with Crippen molar-refractivity contribution in [1.29, 1.82) is 0 Å². The average Bonchev–Trinajstić information content (AvgIpc) is 2.34. The minimum absolute atomic E-state index is 0.161. The van der Waals surface area contributed by atoms with E-state index in [4.69, 9.17) is 0 Å². The van der Waals surface area contributed by atoms with Gasteiger partial charge in [0.1, 0.15) is 0 Å². The molecule has 100 valence electrons. The Kier molecular flexibility index (Phi) is 4.07. The highest BCUT2D eigenvalue weighted by atomic mass is 16.3. The topological polar surface area (TPSA) is 45.5 Å². The van der Waals surface area contributed by atoms with E-state index in [9.17, 15) is 9.90 Å². The maximum Gasteiger partial charge on any atom is 0.223 e. The van der Waals surface area contributed by atoms with E-state index >= 15 is 0 Å². The van der Waals surface area contributed by atoms with E-state index in [2.05, 4.69) is 18.7 Å². The maximum atomic E-state index is 11.6. The number of hydrogen-bond donors (Lipinski definition) is 1. The monoisotopic (exact) mass is 250 g/mol. The van der Waals surface area contributed by atoms with Crippen molar-refractivity contribution in [2.75, 3.05) is 13.1 Å². The van der Waals surface area contributed by atoms with Crippen molar-refractivity contribution in [3.05, 3.63) is 28.2 Å². The van der Waals surface area contributed by atoms with Crippen LogP contribution in [0.25, 0.3) is 0 Å². The molecule has 0 radical (unpaired) electrons. The third-order valence-corrected chi connectivity index (χ3v) is 3.53. The van der Waals surface area contributed by atoms with Crippen LogP contribution in [0.5, 0.6) is 5.75 Å². The van der Waals surface area contributed by atoms with Crippen molar-refractivity contribution in [1.82, 2.24) is 9.47 Å². The summed E-state index contributed by atoms with van der Waals surface area (Å²) in [5, 5.41) is 9.53. The Balaban J connectivity index is 2.24. The number of aromatic hydroxyl groups is 1. The molecule has 1 aliphatic rings. The second-order valence-electron chi connectivity index (χ2n) is 5.35. The van der Waals surface area contributed by atoms with Crippen molar-refractivity contribution in [3.63, 3.8) is 0 Å². The molecule has 0 atom stereocenters. The summed E-state index contributed by atoms with van der Waals surface area (Å²) in [6.07, 6.45) is 5.35. The van der Waals surface area contributed by atoms with Crippen molar-refractivity contribution in [2.45, 2.75) is 45.7 Å². The Bertz CT molecular complexity index is 459. The van der Waals surface area contributed by atoms with Gasteiger partial charge in [0.05, 0.1) is 6.20 Å². The summed E-state index contributed by atoms with van der Waals surface area (Å²) < 4.78 is 1.99. The molecule has 0 saturated carbocycles. The molecule has 0 aliphatic carbocycles. The zero-order valence-corrected chi connectivity index (χ0v) is 11.2. The minimum Gasteiger partial charge on any atom is -0.503 e. The van der Waals surface area contributed by atoms with Gasteiger partial charge in [-0.25, -0.2) is 0 Å². The van der Waals surface area contributed by atoms with E-state index in [1.807, 2.05) is 4.57 Å². The fourth-order valence-corrected chi connectivity index (χ4v) is 2.53. The van der Waals surface area contributed by atoms with Crippen LogP contribution in [0.4, 0.5) is 0 Å². The molecule has 0 spiro atoms. The predicted octanol–water partition coefficient (Wildman–Crippen LogP) is 2.12. The molecule has 1 fully saturated rings. The van der Waals surface area contributed by atoms with Crippen LogP contribution >= 0.6 is 0 Å². The first-order chi connectivity index (χ1) is 8.58. The Labute approximate surface area is 108 Å². The molecule has 4 heteroatoms. The first-order valence-electron chi connectivity index (χ1n) is 6.74. The molecular formula is C14H22N2O2. The van der Waals surface area contributed by atoms with Gasteiger partial charge in [-0.2, -0.15) is 0 Å². The summed E-state index contributed by atoms with van der Waals surface area (Å²) in [4.78, 5) is 14.0. The average molecular weight is 250 g/mol. The van der Waals surface area contributed by atoms with Crippen LogP contribution in [0.3, 0.4) is 0 Å². The van der Waals surface area contributed by atoms with Crippen LogP contribution in [-0.4, -0.2) is 27.7 Å². The molecule has 0 bridgehead atoms. The molecule has 1 aromatic rings. The molecule has 4 nitrogen and oxygen atoms in total. The van der Waals surface area contributed by atoms with Gasteiger partial charge in [0.15, 0.2) is 5.75 Å². The van der Waals surface area contributed by atoms with Crippen LogP contribution in [0.2, 0.25) is 0 Å². The summed E-state index contributed by atoms with van der Waals surface area (Å²) in [7, 11) is 0. The molecule has 1 aliphatic heterocycles. The van der Waals surface area contributed by atoms with Crippen LogP contribution in [0, 0.1) is 0 Å². The van der Waals surface area contributed by atoms with Gasteiger partial charge in [-0.15, -0.1) is 0 Å². The van der Waals surface area contributed by atoms with Gasteiger partial charge in [-0.3, -0.25) is 9.69 Å². The quantitative estimate of drug-likeness (QED) is 0.893. The van der Waals surface area contributed by atoms with Crippen LogP contribution < -0.4 is 5.43 Å². The van der Waals surface area contributed by atoms with Crippen molar-refractivity contribution in [3.8, 4) is 5.75 Å². The number of nitrogens with zero attached hydrogens (tertiary/aromatic N) is 2. The van der Waals surface area contributed by atoms with E-state index in [0.717, 1.165) is 25.3 Å². The third kappa shape index (κ3) is 2.93. The molecule has 0 aromatic carbocycles.